The van der Waals surface area contributed by atoms with E-state index < -0.39 is 5.41 Å². The number of hydrogen-bond acceptors (Lipinski definition) is 2. The summed E-state index contributed by atoms with van der Waals surface area (Å²) in [5.74, 6) is 0.929. The van der Waals surface area contributed by atoms with E-state index in [1.807, 2.05) is 18.7 Å². The molecule has 1 saturated carbocycles. The highest BCUT2D eigenvalue weighted by Crippen LogP contribution is 2.25. The van der Waals surface area contributed by atoms with Gasteiger partial charge in [0.1, 0.15) is 0 Å². The fourth-order valence-electron chi connectivity index (χ4n) is 3.55. The van der Waals surface area contributed by atoms with E-state index >= 15 is 0 Å². The molecule has 0 bridgehead atoms. The van der Waals surface area contributed by atoms with E-state index in [2.05, 4.69) is 10.6 Å². The summed E-state index contributed by atoms with van der Waals surface area (Å²) < 4.78 is 0. The number of hydrogen-bond donors (Lipinski definition) is 2. The highest BCUT2D eigenvalue weighted by molar-refractivity contribution is 6.19. The third-order valence-electron chi connectivity index (χ3n) is 5.31. The van der Waals surface area contributed by atoms with Crippen LogP contribution in [0.15, 0.2) is 0 Å². The van der Waals surface area contributed by atoms with Gasteiger partial charge in [-0.05, 0) is 45.4 Å². The summed E-state index contributed by atoms with van der Waals surface area (Å²) in [5.41, 5.74) is -0.494. The number of nitrogens with one attached hydrogen (secondary N) is 2. The minimum Gasteiger partial charge on any atom is -0.342 e. The molecular formula is C18H32ClN3O2. The van der Waals surface area contributed by atoms with Crippen LogP contribution in [0.1, 0.15) is 58.8 Å². The zero-order valence-electron chi connectivity index (χ0n) is 15.1. The molecule has 1 saturated heterocycles. The Morgan fingerprint density at radius 2 is 1.71 bits per heavy atom. The predicted octanol–water partition coefficient (Wildman–Crippen LogP) is 3.12. The van der Waals surface area contributed by atoms with Crippen molar-refractivity contribution in [2.24, 2.45) is 11.3 Å². The monoisotopic (exact) mass is 357 g/mol. The third kappa shape index (κ3) is 5.54. The molecule has 0 atom stereocenters. The molecular weight excluding hydrogens is 326 g/mol. The first-order valence-corrected chi connectivity index (χ1v) is 9.85. The van der Waals surface area contributed by atoms with Crippen molar-refractivity contribution in [3.63, 3.8) is 0 Å². The first-order chi connectivity index (χ1) is 11.4. The van der Waals surface area contributed by atoms with Crippen molar-refractivity contribution in [1.29, 1.82) is 0 Å². The number of piperidine rings is 1. The Morgan fingerprint density at radius 3 is 2.29 bits per heavy atom. The molecule has 2 aliphatic rings. The van der Waals surface area contributed by atoms with Crippen molar-refractivity contribution in [1.82, 2.24) is 15.5 Å². The van der Waals surface area contributed by atoms with Crippen LogP contribution in [0.25, 0.3) is 0 Å². The van der Waals surface area contributed by atoms with Gasteiger partial charge in [-0.3, -0.25) is 4.79 Å². The lowest BCUT2D eigenvalue weighted by Gasteiger charge is -2.36. The fourth-order valence-corrected chi connectivity index (χ4v) is 3.66. The van der Waals surface area contributed by atoms with Gasteiger partial charge in [0.2, 0.25) is 5.91 Å². The van der Waals surface area contributed by atoms with E-state index in [1.54, 1.807) is 0 Å². The molecule has 6 heteroatoms. The van der Waals surface area contributed by atoms with Crippen LogP contribution in [-0.2, 0) is 4.79 Å². The maximum atomic E-state index is 12.4. The van der Waals surface area contributed by atoms with Crippen molar-refractivity contribution in [3.8, 4) is 0 Å². The van der Waals surface area contributed by atoms with Crippen molar-refractivity contribution < 1.29 is 9.59 Å². The average molecular weight is 358 g/mol. The van der Waals surface area contributed by atoms with Crippen molar-refractivity contribution >= 4 is 23.5 Å². The minimum atomic E-state index is -0.494. The van der Waals surface area contributed by atoms with Gasteiger partial charge >= 0.3 is 6.03 Å². The molecule has 138 valence electrons. The summed E-state index contributed by atoms with van der Waals surface area (Å²) in [6.07, 6.45) is 7.81. The molecule has 2 rings (SSSR count). The quantitative estimate of drug-likeness (QED) is 0.742. The van der Waals surface area contributed by atoms with Crippen LogP contribution in [0.4, 0.5) is 4.79 Å². The number of halogens is 1. The highest BCUT2D eigenvalue weighted by atomic mass is 35.5. The molecule has 0 aromatic heterocycles. The second-order valence-corrected chi connectivity index (χ2v) is 8.21. The first-order valence-electron chi connectivity index (χ1n) is 9.32. The van der Waals surface area contributed by atoms with Crippen LogP contribution in [0.5, 0.6) is 0 Å². The van der Waals surface area contributed by atoms with Crippen LogP contribution in [0.2, 0.25) is 0 Å². The Balaban J connectivity index is 1.65. The van der Waals surface area contributed by atoms with Crippen LogP contribution >= 0.6 is 11.6 Å². The second-order valence-electron chi connectivity index (χ2n) is 7.94. The van der Waals surface area contributed by atoms with E-state index in [-0.39, 0.29) is 11.9 Å². The van der Waals surface area contributed by atoms with Crippen LogP contribution < -0.4 is 10.6 Å². The molecule has 0 aromatic carbocycles. The number of carbonyl (C=O) groups is 2. The molecule has 3 amide bonds. The molecule has 2 fully saturated rings. The number of rotatable bonds is 5. The SMILES string of the molecule is CC(C)(CCl)C(=O)N1CCC(CNC(=O)NC2CCCCC2)CC1. The van der Waals surface area contributed by atoms with Gasteiger partial charge in [-0.25, -0.2) is 4.79 Å². The molecule has 24 heavy (non-hydrogen) atoms. The summed E-state index contributed by atoms with van der Waals surface area (Å²) in [6.45, 7) is 6.00. The van der Waals surface area contributed by atoms with Gasteiger partial charge in [0, 0.05) is 31.6 Å². The molecule has 2 N–H and O–H groups in total. The number of nitrogens with zero attached hydrogens (tertiary/aromatic N) is 1. The van der Waals surface area contributed by atoms with E-state index in [9.17, 15) is 9.59 Å². The van der Waals surface area contributed by atoms with Crippen molar-refractivity contribution in [3.05, 3.63) is 0 Å². The van der Waals surface area contributed by atoms with Gasteiger partial charge in [0.25, 0.3) is 0 Å². The van der Waals surface area contributed by atoms with E-state index in [4.69, 9.17) is 11.6 Å². The molecule has 0 unspecified atom stereocenters. The fraction of sp³-hybridized carbons (Fsp3) is 0.889. The molecule has 0 aromatic rings. The van der Waals surface area contributed by atoms with E-state index in [1.165, 1.54) is 19.3 Å². The molecule has 1 aliphatic carbocycles. The van der Waals surface area contributed by atoms with Gasteiger partial charge in [0.05, 0.1) is 5.41 Å². The summed E-state index contributed by atoms with van der Waals surface area (Å²) in [5, 5.41) is 6.09. The Labute approximate surface area is 150 Å². The largest absolute Gasteiger partial charge is 0.342 e. The summed E-state index contributed by atoms with van der Waals surface area (Å²) >= 11 is 5.90. The maximum Gasteiger partial charge on any atom is 0.315 e. The van der Waals surface area contributed by atoms with Crippen molar-refractivity contribution in [2.45, 2.75) is 64.8 Å². The zero-order chi connectivity index (χ0) is 17.6. The van der Waals surface area contributed by atoms with Crippen LogP contribution in [0.3, 0.4) is 0 Å². The zero-order valence-corrected chi connectivity index (χ0v) is 15.8. The number of likely N-dealkylation sites (tertiary alicyclic amines) is 1. The van der Waals surface area contributed by atoms with E-state index in [0.717, 1.165) is 38.8 Å². The van der Waals surface area contributed by atoms with Crippen LogP contribution in [0, 0.1) is 11.3 Å². The number of amides is 3. The standard InChI is InChI=1S/C18H32ClN3O2/c1-18(2,13-19)16(23)22-10-8-14(9-11-22)12-20-17(24)21-15-6-4-3-5-7-15/h14-15H,3-13H2,1-2H3,(H2,20,21,24). The lowest BCUT2D eigenvalue weighted by Crippen LogP contribution is -2.48. The summed E-state index contributed by atoms with van der Waals surface area (Å²) in [6, 6.07) is 0.305. The number of alkyl halides is 1. The number of carbonyl (C=O) groups excluding carboxylic acids is 2. The average Bonchev–Trinajstić information content (AvgIpc) is 2.60. The Morgan fingerprint density at radius 1 is 1.08 bits per heavy atom. The summed E-state index contributed by atoms with van der Waals surface area (Å²) in [4.78, 5) is 26.3. The van der Waals surface area contributed by atoms with E-state index in [0.29, 0.717) is 24.4 Å². The lowest BCUT2D eigenvalue weighted by atomic mass is 9.91. The lowest BCUT2D eigenvalue weighted by molar-refractivity contribution is -0.140. The third-order valence-corrected chi connectivity index (χ3v) is 5.97. The first kappa shape index (κ1) is 19.4. The molecule has 0 radical (unpaired) electrons. The van der Waals surface area contributed by atoms with Gasteiger partial charge in [-0.15, -0.1) is 11.6 Å². The molecule has 0 spiro atoms. The van der Waals surface area contributed by atoms with Gasteiger partial charge in [-0.2, -0.15) is 0 Å². The Hall–Kier alpha value is -0.970. The Bertz CT molecular complexity index is 428. The van der Waals surface area contributed by atoms with Gasteiger partial charge < -0.3 is 15.5 Å². The topological polar surface area (TPSA) is 61.4 Å². The second kappa shape index (κ2) is 8.93. The number of urea groups is 1. The minimum absolute atomic E-state index is 0.0383. The normalized spacial score (nSPS) is 20.7. The highest BCUT2D eigenvalue weighted by Gasteiger charge is 2.33. The van der Waals surface area contributed by atoms with Gasteiger partial charge in [0.15, 0.2) is 0 Å². The Kier molecular flexibility index (Phi) is 7.20. The van der Waals surface area contributed by atoms with Crippen molar-refractivity contribution in [2.75, 3.05) is 25.5 Å². The summed E-state index contributed by atoms with van der Waals surface area (Å²) in [7, 11) is 0. The van der Waals surface area contributed by atoms with Crippen LogP contribution in [-0.4, -0.2) is 48.4 Å². The molecule has 1 aliphatic heterocycles. The predicted molar refractivity (Wildman–Crippen MR) is 97.2 cm³/mol. The van der Waals surface area contributed by atoms with Gasteiger partial charge in [-0.1, -0.05) is 19.3 Å². The smallest absolute Gasteiger partial charge is 0.315 e. The molecule has 1 heterocycles. The molecule has 5 nitrogen and oxygen atoms in total. The maximum absolute atomic E-state index is 12.4.